The number of nitrogens with zero attached hydrogens (tertiary/aromatic N) is 1. The molecule has 7 nitrogen and oxygen atoms in total. The van der Waals surface area contributed by atoms with Gasteiger partial charge in [0.2, 0.25) is 5.91 Å². The Morgan fingerprint density at radius 1 is 1.18 bits per heavy atom. The van der Waals surface area contributed by atoms with Crippen molar-refractivity contribution in [1.82, 2.24) is 5.32 Å². The van der Waals surface area contributed by atoms with Crippen LogP contribution in [0.25, 0.3) is 0 Å². The van der Waals surface area contributed by atoms with Crippen LogP contribution in [0.2, 0.25) is 5.02 Å². The Labute approximate surface area is 167 Å². The molecule has 1 unspecified atom stereocenters. The Bertz CT molecular complexity index is 903. The number of anilines is 2. The molecule has 8 heteroatoms. The van der Waals surface area contributed by atoms with Crippen LogP contribution in [0.4, 0.5) is 11.4 Å². The fourth-order valence-corrected chi connectivity index (χ4v) is 2.99. The summed E-state index contributed by atoms with van der Waals surface area (Å²) in [6, 6.07) is 13.5. The van der Waals surface area contributed by atoms with Crippen LogP contribution in [0.15, 0.2) is 48.5 Å². The van der Waals surface area contributed by atoms with Gasteiger partial charge < -0.3 is 15.4 Å². The number of ether oxygens (including phenoxy) is 1. The molecule has 0 fully saturated rings. The second-order valence-corrected chi connectivity index (χ2v) is 6.68. The average molecular weight is 402 g/mol. The van der Waals surface area contributed by atoms with Gasteiger partial charge in [-0.25, -0.2) is 0 Å². The van der Waals surface area contributed by atoms with Gasteiger partial charge in [0.15, 0.2) is 0 Å². The first kappa shape index (κ1) is 19.7. The summed E-state index contributed by atoms with van der Waals surface area (Å²) >= 11 is 5.93. The van der Waals surface area contributed by atoms with Crippen molar-refractivity contribution in [3.05, 3.63) is 53.6 Å². The summed E-state index contributed by atoms with van der Waals surface area (Å²) in [5.74, 6) is -1.16. The number of para-hydroxylation sites is 2. The quantitative estimate of drug-likeness (QED) is 0.728. The number of nitrogens with one attached hydrogen (secondary N) is 2. The first-order chi connectivity index (χ1) is 13.5. The second kappa shape index (κ2) is 8.75. The van der Waals surface area contributed by atoms with Crippen LogP contribution in [0.1, 0.15) is 13.3 Å². The summed E-state index contributed by atoms with van der Waals surface area (Å²) in [6.45, 7) is 2.08. The Kier molecular flexibility index (Phi) is 6.16. The van der Waals surface area contributed by atoms with Gasteiger partial charge in [0.1, 0.15) is 12.3 Å². The van der Waals surface area contributed by atoms with Gasteiger partial charge in [0.25, 0.3) is 17.9 Å². The first-order valence-corrected chi connectivity index (χ1v) is 9.27. The van der Waals surface area contributed by atoms with E-state index in [2.05, 4.69) is 10.6 Å². The fraction of sp³-hybridized carbons (Fsp3) is 0.250. The molecule has 3 rings (SSSR count). The topological polar surface area (TPSA) is 87.7 Å². The molecule has 146 valence electrons. The molecule has 2 N–H and O–H groups in total. The van der Waals surface area contributed by atoms with E-state index >= 15 is 0 Å². The lowest BCUT2D eigenvalue weighted by Gasteiger charge is -2.33. The van der Waals surface area contributed by atoms with Gasteiger partial charge in [-0.2, -0.15) is 0 Å². The van der Waals surface area contributed by atoms with E-state index in [-0.39, 0.29) is 6.54 Å². The standard InChI is InChI=1S/C20H20ClN3O4/c1-2-10-22-19(26)18-20(27)24(15-8-3-4-9-16(15)28-18)12-17(25)23-14-7-5-6-13(21)11-14/h3-9,11,18H,2,10,12H2,1H3,(H,22,26)(H,23,25). The largest absolute Gasteiger partial charge is 0.468 e. The third-order valence-electron chi connectivity index (χ3n) is 4.09. The lowest BCUT2D eigenvalue weighted by Crippen LogP contribution is -2.55. The summed E-state index contributed by atoms with van der Waals surface area (Å²) < 4.78 is 5.60. The van der Waals surface area contributed by atoms with E-state index in [1.807, 2.05) is 6.92 Å². The molecule has 0 aromatic heterocycles. The number of benzene rings is 2. The van der Waals surface area contributed by atoms with Crippen LogP contribution in [0.3, 0.4) is 0 Å². The van der Waals surface area contributed by atoms with Crippen LogP contribution in [0, 0.1) is 0 Å². The van der Waals surface area contributed by atoms with Gasteiger partial charge >= 0.3 is 0 Å². The predicted octanol–water partition coefficient (Wildman–Crippen LogP) is 2.60. The van der Waals surface area contributed by atoms with Crippen molar-refractivity contribution in [2.24, 2.45) is 0 Å². The highest BCUT2D eigenvalue weighted by molar-refractivity contribution is 6.30. The Morgan fingerprint density at radius 2 is 1.96 bits per heavy atom. The molecule has 0 bridgehead atoms. The van der Waals surface area contributed by atoms with Crippen molar-refractivity contribution in [3.63, 3.8) is 0 Å². The third kappa shape index (κ3) is 4.43. The number of fused-ring (bicyclic) bond motifs is 1. The van der Waals surface area contributed by atoms with Crippen molar-refractivity contribution in [2.45, 2.75) is 19.4 Å². The SMILES string of the molecule is CCCNC(=O)C1Oc2ccccc2N(CC(=O)Nc2cccc(Cl)c2)C1=O. The Hall–Kier alpha value is -3.06. The third-order valence-corrected chi connectivity index (χ3v) is 4.32. The molecule has 3 amide bonds. The molecule has 0 spiro atoms. The van der Waals surface area contributed by atoms with Crippen LogP contribution in [-0.4, -0.2) is 36.9 Å². The van der Waals surface area contributed by atoms with Crippen LogP contribution >= 0.6 is 11.6 Å². The number of rotatable bonds is 6. The Balaban J connectivity index is 1.80. The second-order valence-electron chi connectivity index (χ2n) is 6.24. The predicted molar refractivity (Wildman–Crippen MR) is 107 cm³/mol. The minimum atomic E-state index is -1.33. The minimum absolute atomic E-state index is 0.261. The van der Waals surface area contributed by atoms with Gasteiger partial charge in [-0.3, -0.25) is 19.3 Å². The summed E-state index contributed by atoms with van der Waals surface area (Å²) in [7, 11) is 0. The first-order valence-electron chi connectivity index (χ1n) is 8.89. The van der Waals surface area contributed by atoms with Crippen molar-refractivity contribution in [3.8, 4) is 5.75 Å². The zero-order valence-electron chi connectivity index (χ0n) is 15.3. The maximum atomic E-state index is 12.9. The van der Waals surface area contributed by atoms with E-state index in [1.165, 1.54) is 4.90 Å². The van der Waals surface area contributed by atoms with Crippen LogP contribution in [-0.2, 0) is 14.4 Å². The van der Waals surface area contributed by atoms with Crippen LogP contribution in [0.5, 0.6) is 5.75 Å². The number of hydrogen-bond donors (Lipinski definition) is 2. The maximum absolute atomic E-state index is 12.9. The fourth-order valence-electron chi connectivity index (χ4n) is 2.80. The minimum Gasteiger partial charge on any atom is -0.468 e. The summed E-state index contributed by atoms with van der Waals surface area (Å²) in [5, 5.41) is 5.84. The molecule has 2 aromatic carbocycles. The number of carbonyl (C=O) groups is 3. The van der Waals surface area contributed by atoms with Crippen molar-refractivity contribution in [2.75, 3.05) is 23.3 Å². The lowest BCUT2D eigenvalue weighted by atomic mass is 10.1. The van der Waals surface area contributed by atoms with Gasteiger partial charge in [-0.15, -0.1) is 0 Å². The number of amides is 3. The zero-order chi connectivity index (χ0) is 20.1. The van der Waals surface area contributed by atoms with Gasteiger partial charge in [0, 0.05) is 17.3 Å². The van der Waals surface area contributed by atoms with E-state index in [4.69, 9.17) is 16.3 Å². The highest BCUT2D eigenvalue weighted by Crippen LogP contribution is 2.33. The average Bonchev–Trinajstić information content (AvgIpc) is 2.68. The van der Waals surface area contributed by atoms with Crippen molar-refractivity contribution < 1.29 is 19.1 Å². The number of hydrogen-bond acceptors (Lipinski definition) is 4. The molecule has 0 radical (unpaired) electrons. The Morgan fingerprint density at radius 3 is 2.71 bits per heavy atom. The molecular weight excluding hydrogens is 382 g/mol. The zero-order valence-corrected chi connectivity index (χ0v) is 16.0. The van der Waals surface area contributed by atoms with E-state index < -0.39 is 23.8 Å². The molecule has 1 heterocycles. The summed E-state index contributed by atoms with van der Waals surface area (Å²) in [5.41, 5.74) is 0.956. The molecule has 2 aromatic rings. The monoisotopic (exact) mass is 401 g/mol. The molecular formula is C20H20ClN3O4. The molecule has 1 aliphatic heterocycles. The van der Waals surface area contributed by atoms with E-state index in [1.54, 1.807) is 48.5 Å². The molecule has 1 aliphatic rings. The summed E-state index contributed by atoms with van der Waals surface area (Å²) in [6.07, 6.45) is -0.602. The molecule has 0 saturated carbocycles. The highest BCUT2D eigenvalue weighted by Gasteiger charge is 2.39. The van der Waals surface area contributed by atoms with Crippen LogP contribution < -0.4 is 20.3 Å². The lowest BCUT2D eigenvalue weighted by molar-refractivity contribution is -0.139. The van der Waals surface area contributed by atoms with E-state index in [0.29, 0.717) is 28.7 Å². The van der Waals surface area contributed by atoms with E-state index in [9.17, 15) is 14.4 Å². The molecule has 28 heavy (non-hydrogen) atoms. The molecule has 0 aliphatic carbocycles. The van der Waals surface area contributed by atoms with Gasteiger partial charge in [-0.05, 0) is 36.8 Å². The highest BCUT2D eigenvalue weighted by atomic mass is 35.5. The van der Waals surface area contributed by atoms with Gasteiger partial charge in [0.05, 0.1) is 5.69 Å². The molecule has 0 saturated heterocycles. The smallest absolute Gasteiger partial charge is 0.278 e. The number of carbonyl (C=O) groups excluding carboxylic acids is 3. The molecule has 1 atom stereocenters. The van der Waals surface area contributed by atoms with Gasteiger partial charge in [-0.1, -0.05) is 36.7 Å². The van der Waals surface area contributed by atoms with E-state index in [0.717, 1.165) is 6.42 Å². The van der Waals surface area contributed by atoms with Crippen molar-refractivity contribution in [1.29, 1.82) is 0 Å². The normalized spacial score (nSPS) is 15.4. The summed E-state index contributed by atoms with van der Waals surface area (Å²) in [4.78, 5) is 39.0. The van der Waals surface area contributed by atoms with Crippen molar-refractivity contribution >= 4 is 40.7 Å². The number of halogens is 1. The maximum Gasteiger partial charge on any atom is 0.278 e.